The maximum Gasteiger partial charge on any atom is 0.317 e. The number of aliphatic carboxylic acids is 1. The molecule has 2 heterocycles. The van der Waals surface area contributed by atoms with Crippen molar-refractivity contribution < 1.29 is 19.2 Å². The van der Waals surface area contributed by atoms with Gasteiger partial charge in [0.25, 0.3) is 0 Å². The molecule has 0 radical (unpaired) electrons. The highest BCUT2D eigenvalue weighted by Gasteiger charge is 2.14. The number of nitrogens with zero attached hydrogens (tertiary/aromatic N) is 3. The molecule has 0 aliphatic rings. The predicted molar refractivity (Wildman–Crippen MR) is 79.3 cm³/mol. The molecule has 0 aromatic carbocycles. The summed E-state index contributed by atoms with van der Waals surface area (Å²) in [5.41, 5.74) is 0. The number of carbonyl (C=O) groups excluding carboxylic acids is 1. The number of thiophene rings is 1. The van der Waals surface area contributed by atoms with Crippen molar-refractivity contribution in [2.24, 2.45) is 0 Å². The van der Waals surface area contributed by atoms with E-state index < -0.39 is 5.97 Å². The molecule has 2 aromatic rings. The molecule has 0 aliphatic heterocycles. The summed E-state index contributed by atoms with van der Waals surface area (Å²) in [6.07, 6.45) is 0.413. The van der Waals surface area contributed by atoms with Gasteiger partial charge in [0.15, 0.2) is 0 Å². The highest BCUT2D eigenvalue weighted by atomic mass is 32.1. The normalized spacial score (nSPS) is 10.4. The molecule has 0 atom stereocenters. The third-order valence-electron chi connectivity index (χ3n) is 2.77. The lowest BCUT2D eigenvalue weighted by Crippen LogP contribution is -2.37. The number of nitrogens with one attached hydrogen (secondary N) is 1. The number of urea groups is 1. The third kappa shape index (κ3) is 4.55. The number of carboxylic acid groups (broad SMARTS) is 1. The minimum atomic E-state index is -0.880. The van der Waals surface area contributed by atoms with Crippen molar-refractivity contribution in [1.29, 1.82) is 0 Å². The van der Waals surface area contributed by atoms with E-state index in [1.165, 1.54) is 16.2 Å². The molecule has 2 rings (SSSR count). The molecule has 9 heteroatoms. The molecule has 0 saturated heterocycles. The molecule has 22 heavy (non-hydrogen) atoms. The monoisotopic (exact) mass is 324 g/mol. The number of hydrogen-bond acceptors (Lipinski definition) is 6. The van der Waals surface area contributed by atoms with E-state index in [2.05, 4.69) is 15.5 Å². The van der Waals surface area contributed by atoms with Crippen LogP contribution in [-0.4, -0.2) is 45.7 Å². The zero-order valence-electron chi connectivity index (χ0n) is 12.0. The second kappa shape index (κ2) is 7.55. The van der Waals surface area contributed by atoms with Crippen molar-refractivity contribution in [3.63, 3.8) is 0 Å². The first-order valence-electron chi connectivity index (χ1n) is 6.63. The van der Waals surface area contributed by atoms with Gasteiger partial charge in [0.1, 0.15) is 6.54 Å². The molecule has 0 spiro atoms. The molecule has 0 saturated carbocycles. The molecule has 118 valence electrons. The smallest absolute Gasteiger partial charge is 0.317 e. The van der Waals surface area contributed by atoms with Crippen LogP contribution in [0.1, 0.15) is 18.7 Å². The van der Waals surface area contributed by atoms with Crippen LogP contribution in [0.4, 0.5) is 4.79 Å². The molecule has 0 bridgehead atoms. The van der Waals surface area contributed by atoms with Crippen LogP contribution in [0.2, 0.25) is 0 Å². The molecule has 8 nitrogen and oxygen atoms in total. The van der Waals surface area contributed by atoms with Crippen LogP contribution in [-0.2, 0) is 11.3 Å². The molecule has 2 N–H and O–H groups in total. The summed E-state index contributed by atoms with van der Waals surface area (Å²) >= 11 is 1.50. The van der Waals surface area contributed by atoms with Gasteiger partial charge in [-0.2, -0.15) is 4.98 Å². The van der Waals surface area contributed by atoms with E-state index in [0.717, 1.165) is 4.88 Å². The standard InChI is InChI=1S/C13H16N4O4S/c1-17(13(20)14-6-2-5-11(18)19)8-10-15-12(16-21-10)9-4-3-7-22-9/h3-4,7H,2,5-6,8H2,1H3,(H,14,20)(H,18,19). The van der Waals surface area contributed by atoms with Crippen LogP contribution in [0.25, 0.3) is 10.7 Å². The zero-order valence-corrected chi connectivity index (χ0v) is 12.8. The van der Waals surface area contributed by atoms with Gasteiger partial charge in [-0.3, -0.25) is 4.79 Å². The Morgan fingerprint density at radius 2 is 2.32 bits per heavy atom. The number of carbonyl (C=O) groups is 2. The molecule has 0 unspecified atom stereocenters. The predicted octanol–water partition coefficient (Wildman–Crippen LogP) is 1.80. The SMILES string of the molecule is CN(Cc1nc(-c2cccs2)no1)C(=O)NCCCC(=O)O. The van der Waals surface area contributed by atoms with E-state index in [9.17, 15) is 9.59 Å². The second-order valence-corrected chi connectivity index (χ2v) is 5.52. The van der Waals surface area contributed by atoms with Crippen LogP contribution in [0.5, 0.6) is 0 Å². The fraction of sp³-hybridized carbons (Fsp3) is 0.385. The average Bonchev–Trinajstić information content (AvgIpc) is 3.13. The van der Waals surface area contributed by atoms with E-state index in [1.807, 2.05) is 17.5 Å². The van der Waals surface area contributed by atoms with Gasteiger partial charge in [-0.25, -0.2) is 4.79 Å². The Balaban J connectivity index is 1.80. The van der Waals surface area contributed by atoms with Gasteiger partial charge in [0, 0.05) is 20.0 Å². The Morgan fingerprint density at radius 3 is 3.00 bits per heavy atom. The highest BCUT2D eigenvalue weighted by molar-refractivity contribution is 7.13. The summed E-state index contributed by atoms with van der Waals surface area (Å²) in [6, 6.07) is 3.46. The van der Waals surface area contributed by atoms with E-state index in [1.54, 1.807) is 7.05 Å². The molecule has 0 fully saturated rings. The summed E-state index contributed by atoms with van der Waals surface area (Å²) < 4.78 is 5.11. The summed E-state index contributed by atoms with van der Waals surface area (Å²) in [7, 11) is 1.60. The fourth-order valence-corrected chi connectivity index (χ4v) is 2.32. The van der Waals surface area contributed by atoms with Gasteiger partial charge in [0.2, 0.25) is 11.7 Å². The Morgan fingerprint density at radius 1 is 1.50 bits per heavy atom. The van der Waals surface area contributed by atoms with Crippen molar-refractivity contribution in [3.05, 3.63) is 23.4 Å². The van der Waals surface area contributed by atoms with Crippen molar-refractivity contribution >= 4 is 23.3 Å². The van der Waals surface area contributed by atoms with Gasteiger partial charge in [0.05, 0.1) is 4.88 Å². The summed E-state index contributed by atoms with van der Waals surface area (Å²) in [4.78, 5) is 28.7. The van der Waals surface area contributed by atoms with E-state index in [4.69, 9.17) is 9.63 Å². The van der Waals surface area contributed by atoms with Crippen LogP contribution < -0.4 is 5.32 Å². The Labute approximate surface area is 130 Å². The van der Waals surface area contributed by atoms with Gasteiger partial charge >= 0.3 is 12.0 Å². The average molecular weight is 324 g/mol. The van der Waals surface area contributed by atoms with Crippen molar-refractivity contribution in [3.8, 4) is 10.7 Å². The molecule has 2 amide bonds. The van der Waals surface area contributed by atoms with Gasteiger partial charge < -0.3 is 19.8 Å². The topological polar surface area (TPSA) is 109 Å². The molecule has 0 aliphatic carbocycles. The number of amides is 2. The van der Waals surface area contributed by atoms with Gasteiger partial charge in [-0.05, 0) is 17.9 Å². The Kier molecular flexibility index (Phi) is 5.48. The zero-order chi connectivity index (χ0) is 15.9. The van der Waals surface area contributed by atoms with Crippen molar-refractivity contribution in [1.82, 2.24) is 20.4 Å². The minimum absolute atomic E-state index is 0.0256. The number of rotatable bonds is 7. The first-order chi connectivity index (χ1) is 10.6. The van der Waals surface area contributed by atoms with Gasteiger partial charge in [-0.1, -0.05) is 11.2 Å². The number of carboxylic acids is 1. The lowest BCUT2D eigenvalue weighted by molar-refractivity contribution is -0.137. The van der Waals surface area contributed by atoms with Crippen molar-refractivity contribution in [2.45, 2.75) is 19.4 Å². The van der Waals surface area contributed by atoms with Crippen LogP contribution in [0.3, 0.4) is 0 Å². The minimum Gasteiger partial charge on any atom is -0.481 e. The van der Waals surface area contributed by atoms with E-state index >= 15 is 0 Å². The fourth-order valence-electron chi connectivity index (χ4n) is 1.67. The first-order valence-corrected chi connectivity index (χ1v) is 7.51. The largest absolute Gasteiger partial charge is 0.481 e. The second-order valence-electron chi connectivity index (χ2n) is 4.57. The maximum absolute atomic E-state index is 11.8. The van der Waals surface area contributed by atoms with E-state index in [-0.39, 0.29) is 19.0 Å². The Bertz CT molecular complexity index is 626. The van der Waals surface area contributed by atoms with Crippen LogP contribution in [0, 0.1) is 0 Å². The van der Waals surface area contributed by atoms with Crippen LogP contribution in [0.15, 0.2) is 22.0 Å². The highest BCUT2D eigenvalue weighted by Crippen LogP contribution is 2.21. The maximum atomic E-state index is 11.8. The third-order valence-corrected chi connectivity index (χ3v) is 3.64. The molecule has 2 aromatic heterocycles. The summed E-state index contributed by atoms with van der Waals surface area (Å²) in [5.74, 6) is -0.0403. The first kappa shape index (κ1) is 16.0. The van der Waals surface area contributed by atoms with Gasteiger partial charge in [-0.15, -0.1) is 11.3 Å². The van der Waals surface area contributed by atoms with E-state index in [0.29, 0.717) is 24.7 Å². The van der Waals surface area contributed by atoms with Crippen LogP contribution >= 0.6 is 11.3 Å². The lowest BCUT2D eigenvalue weighted by atomic mass is 10.3. The number of hydrogen-bond donors (Lipinski definition) is 2. The molecular weight excluding hydrogens is 308 g/mol. The quantitative estimate of drug-likeness (QED) is 0.752. The van der Waals surface area contributed by atoms with Crippen molar-refractivity contribution in [2.75, 3.05) is 13.6 Å². The lowest BCUT2D eigenvalue weighted by Gasteiger charge is -2.15. The summed E-state index contributed by atoms with van der Waals surface area (Å²) in [6.45, 7) is 0.489. The Hall–Kier alpha value is -2.42. The summed E-state index contributed by atoms with van der Waals surface area (Å²) in [5, 5.41) is 16.9. The molecular formula is C13H16N4O4S. The number of aromatic nitrogens is 2.